The molecule has 0 aromatic rings. The Labute approximate surface area is 83.3 Å². The lowest BCUT2D eigenvalue weighted by atomic mass is 9.89. The molecule has 0 bridgehead atoms. The fourth-order valence-corrected chi connectivity index (χ4v) is 1.86. The van der Waals surface area contributed by atoms with Crippen molar-refractivity contribution in [3.05, 3.63) is 0 Å². The van der Waals surface area contributed by atoms with E-state index in [1.807, 2.05) is 7.05 Å². The molecule has 0 aliphatic rings. The van der Waals surface area contributed by atoms with Gasteiger partial charge >= 0.3 is 0 Å². The fourth-order valence-electron chi connectivity index (χ4n) is 1.86. The van der Waals surface area contributed by atoms with Gasteiger partial charge in [-0.05, 0) is 25.3 Å². The first kappa shape index (κ1) is 12.9. The van der Waals surface area contributed by atoms with E-state index < -0.39 is 0 Å². The van der Waals surface area contributed by atoms with Crippen LogP contribution in [0.2, 0.25) is 0 Å². The first-order valence-electron chi connectivity index (χ1n) is 5.52. The van der Waals surface area contributed by atoms with Crippen LogP contribution in [0.3, 0.4) is 0 Å². The van der Waals surface area contributed by atoms with Crippen molar-refractivity contribution in [3.63, 3.8) is 0 Å². The molecule has 3 unspecified atom stereocenters. The van der Waals surface area contributed by atoms with Crippen LogP contribution >= 0.6 is 0 Å². The van der Waals surface area contributed by atoms with Gasteiger partial charge in [-0.1, -0.05) is 33.6 Å². The molecule has 0 aromatic carbocycles. The Bertz CT molecular complexity index is 115. The second-order valence-electron chi connectivity index (χ2n) is 4.33. The Morgan fingerprint density at radius 3 is 2.38 bits per heavy atom. The van der Waals surface area contributed by atoms with Crippen molar-refractivity contribution < 1.29 is 0 Å². The third-order valence-electron chi connectivity index (χ3n) is 2.73. The van der Waals surface area contributed by atoms with Crippen LogP contribution in [-0.4, -0.2) is 19.6 Å². The zero-order chi connectivity index (χ0) is 10.3. The van der Waals surface area contributed by atoms with E-state index in [0.717, 1.165) is 12.5 Å². The minimum absolute atomic E-state index is 0.310. The molecule has 0 heterocycles. The van der Waals surface area contributed by atoms with E-state index in [0.29, 0.717) is 12.0 Å². The molecule has 0 aliphatic heterocycles. The van der Waals surface area contributed by atoms with Gasteiger partial charge < -0.3 is 11.1 Å². The molecular weight excluding hydrogens is 160 g/mol. The maximum absolute atomic E-state index is 6.01. The Kier molecular flexibility index (Phi) is 7.29. The molecule has 0 fully saturated rings. The summed E-state index contributed by atoms with van der Waals surface area (Å²) in [4.78, 5) is 0. The molecule has 0 spiro atoms. The molecule has 13 heavy (non-hydrogen) atoms. The summed E-state index contributed by atoms with van der Waals surface area (Å²) < 4.78 is 0. The minimum atomic E-state index is 0.310. The van der Waals surface area contributed by atoms with Gasteiger partial charge in [0.1, 0.15) is 0 Å². The van der Waals surface area contributed by atoms with Crippen molar-refractivity contribution in [2.75, 3.05) is 13.6 Å². The highest BCUT2D eigenvalue weighted by Gasteiger charge is 2.14. The van der Waals surface area contributed by atoms with Crippen LogP contribution in [0.4, 0.5) is 0 Å². The fraction of sp³-hybridized carbons (Fsp3) is 1.00. The summed E-state index contributed by atoms with van der Waals surface area (Å²) in [5.74, 6) is 1.46. The Hall–Kier alpha value is -0.0800. The number of rotatable bonds is 7. The zero-order valence-electron chi connectivity index (χ0n) is 9.64. The van der Waals surface area contributed by atoms with E-state index >= 15 is 0 Å². The second kappa shape index (κ2) is 7.34. The molecule has 0 aliphatic carbocycles. The lowest BCUT2D eigenvalue weighted by Gasteiger charge is -2.22. The lowest BCUT2D eigenvalue weighted by Crippen LogP contribution is -2.38. The number of hydrogen-bond acceptors (Lipinski definition) is 2. The van der Waals surface area contributed by atoms with Crippen molar-refractivity contribution in [1.29, 1.82) is 0 Å². The standard InChI is InChI=1S/C11H26N2/c1-5-6-9(2)7-10(3)11(12)8-13-4/h9-11,13H,5-8,12H2,1-4H3. The van der Waals surface area contributed by atoms with E-state index in [9.17, 15) is 0 Å². The molecule has 80 valence electrons. The Balaban J connectivity index is 3.64. The molecule has 0 amide bonds. The predicted octanol–water partition coefficient (Wildman–Crippen LogP) is 2.00. The molecule has 0 rings (SSSR count). The minimum Gasteiger partial charge on any atom is -0.326 e. The third kappa shape index (κ3) is 6.05. The van der Waals surface area contributed by atoms with Crippen LogP contribution in [0.15, 0.2) is 0 Å². The van der Waals surface area contributed by atoms with Crippen molar-refractivity contribution in [2.45, 2.75) is 46.1 Å². The van der Waals surface area contributed by atoms with E-state index in [1.165, 1.54) is 19.3 Å². The smallest absolute Gasteiger partial charge is 0.0191 e. The van der Waals surface area contributed by atoms with Gasteiger partial charge in [-0.15, -0.1) is 0 Å². The second-order valence-corrected chi connectivity index (χ2v) is 4.33. The highest BCUT2D eigenvalue weighted by molar-refractivity contribution is 4.72. The first-order valence-corrected chi connectivity index (χ1v) is 5.52. The monoisotopic (exact) mass is 186 g/mol. The zero-order valence-corrected chi connectivity index (χ0v) is 9.64. The molecule has 2 nitrogen and oxygen atoms in total. The molecule has 0 saturated heterocycles. The van der Waals surface area contributed by atoms with Crippen LogP contribution in [0.5, 0.6) is 0 Å². The van der Waals surface area contributed by atoms with Gasteiger partial charge in [-0.2, -0.15) is 0 Å². The summed E-state index contributed by atoms with van der Waals surface area (Å²) in [7, 11) is 1.96. The summed E-state index contributed by atoms with van der Waals surface area (Å²) in [6.45, 7) is 7.76. The maximum Gasteiger partial charge on any atom is 0.0191 e. The van der Waals surface area contributed by atoms with Crippen molar-refractivity contribution >= 4 is 0 Å². The van der Waals surface area contributed by atoms with Crippen molar-refractivity contribution in [2.24, 2.45) is 17.6 Å². The van der Waals surface area contributed by atoms with Crippen molar-refractivity contribution in [1.82, 2.24) is 5.32 Å². The normalized spacial score (nSPS) is 18.2. The Morgan fingerprint density at radius 1 is 1.31 bits per heavy atom. The average Bonchev–Trinajstić information content (AvgIpc) is 2.05. The summed E-state index contributed by atoms with van der Waals surface area (Å²) >= 11 is 0. The van der Waals surface area contributed by atoms with Gasteiger partial charge in [0.15, 0.2) is 0 Å². The van der Waals surface area contributed by atoms with E-state index in [-0.39, 0.29) is 0 Å². The first-order chi connectivity index (χ1) is 6.11. The summed E-state index contributed by atoms with van der Waals surface area (Å²) in [5, 5.41) is 3.13. The summed E-state index contributed by atoms with van der Waals surface area (Å²) in [5.41, 5.74) is 6.01. The number of nitrogens with one attached hydrogen (secondary N) is 1. The SMILES string of the molecule is CCCC(C)CC(C)C(N)CNC. The topological polar surface area (TPSA) is 38.0 Å². The number of nitrogens with two attached hydrogens (primary N) is 1. The van der Waals surface area contributed by atoms with E-state index in [2.05, 4.69) is 26.1 Å². The van der Waals surface area contributed by atoms with E-state index in [4.69, 9.17) is 5.73 Å². The molecule has 3 N–H and O–H groups in total. The van der Waals surface area contributed by atoms with Crippen molar-refractivity contribution in [3.8, 4) is 0 Å². The lowest BCUT2D eigenvalue weighted by molar-refractivity contribution is 0.339. The molecule has 0 radical (unpaired) electrons. The highest BCUT2D eigenvalue weighted by Crippen LogP contribution is 2.18. The number of likely N-dealkylation sites (N-methyl/N-ethyl adjacent to an activating group) is 1. The van der Waals surface area contributed by atoms with Gasteiger partial charge in [-0.25, -0.2) is 0 Å². The molecule has 0 aromatic heterocycles. The third-order valence-corrected chi connectivity index (χ3v) is 2.73. The molecule has 3 atom stereocenters. The van der Waals surface area contributed by atoms with Crippen LogP contribution in [-0.2, 0) is 0 Å². The summed E-state index contributed by atoms with van der Waals surface area (Å²) in [6, 6.07) is 0.310. The van der Waals surface area contributed by atoms with Crippen LogP contribution in [0, 0.1) is 11.8 Å². The van der Waals surface area contributed by atoms with Gasteiger partial charge in [0.05, 0.1) is 0 Å². The molecular formula is C11H26N2. The van der Waals surface area contributed by atoms with Gasteiger partial charge in [-0.3, -0.25) is 0 Å². The van der Waals surface area contributed by atoms with E-state index in [1.54, 1.807) is 0 Å². The van der Waals surface area contributed by atoms with Gasteiger partial charge in [0, 0.05) is 12.6 Å². The molecule has 2 heteroatoms. The Morgan fingerprint density at radius 2 is 1.92 bits per heavy atom. The van der Waals surface area contributed by atoms with Crippen LogP contribution in [0.25, 0.3) is 0 Å². The van der Waals surface area contributed by atoms with Crippen LogP contribution in [0.1, 0.15) is 40.0 Å². The molecule has 0 saturated carbocycles. The quantitative estimate of drug-likeness (QED) is 0.638. The van der Waals surface area contributed by atoms with Gasteiger partial charge in [0.2, 0.25) is 0 Å². The number of hydrogen-bond donors (Lipinski definition) is 2. The summed E-state index contributed by atoms with van der Waals surface area (Å²) in [6.07, 6.45) is 3.88. The largest absolute Gasteiger partial charge is 0.326 e. The maximum atomic E-state index is 6.01. The predicted molar refractivity (Wildman–Crippen MR) is 59.8 cm³/mol. The van der Waals surface area contributed by atoms with Gasteiger partial charge in [0.25, 0.3) is 0 Å². The average molecular weight is 186 g/mol. The van der Waals surface area contributed by atoms with Crippen LogP contribution < -0.4 is 11.1 Å². The highest BCUT2D eigenvalue weighted by atomic mass is 14.9.